The first kappa shape index (κ1) is 30.7. The number of benzene rings is 1. The molecule has 0 saturated carbocycles. The van der Waals surface area contributed by atoms with Crippen LogP contribution >= 0.6 is 0 Å². The van der Waals surface area contributed by atoms with Gasteiger partial charge in [0, 0.05) is 62.9 Å². The summed E-state index contributed by atoms with van der Waals surface area (Å²) >= 11 is 0. The van der Waals surface area contributed by atoms with Crippen LogP contribution in [0.5, 0.6) is 5.75 Å². The number of amides is 1. The summed E-state index contributed by atoms with van der Waals surface area (Å²) in [5.41, 5.74) is 4.28. The minimum atomic E-state index is -0.589. The summed E-state index contributed by atoms with van der Waals surface area (Å²) in [6, 6.07) is 7.85. The Balaban J connectivity index is 1.06. The standard InChI is InChI=1S/C33H43N5O5/c1-22(2)33(41)38-14-9-26(10-15-38)36-32-16-24(8-12-35-32)30(40)6-5-27(39)19-37-13-11-29-23(3)31(7-4-25(29)18-37)42-20-28-17-34-21-43-28/h4,7-8,12,16-17,21-22,26-27,39H,5-6,9-11,13-15,18-20H2,1-3H3,(H,35,36)/t27-/m0/s1. The van der Waals surface area contributed by atoms with Gasteiger partial charge in [0.1, 0.15) is 18.2 Å². The molecule has 10 heteroatoms. The third-order valence-corrected chi connectivity index (χ3v) is 8.48. The van der Waals surface area contributed by atoms with Crippen molar-refractivity contribution in [2.24, 2.45) is 5.92 Å². The van der Waals surface area contributed by atoms with Gasteiger partial charge in [-0.3, -0.25) is 14.5 Å². The number of carbonyl (C=O) groups excluding carboxylic acids is 2. The number of fused-ring (bicyclic) bond motifs is 1. The largest absolute Gasteiger partial charge is 0.485 e. The van der Waals surface area contributed by atoms with Gasteiger partial charge in [0.05, 0.1) is 12.3 Å². The van der Waals surface area contributed by atoms with E-state index in [1.54, 1.807) is 24.5 Å². The van der Waals surface area contributed by atoms with Crippen LogP contribution in [0.1, 0.15) is 72.3 Å². The lowest BCUT2D eigenvalue weighted by atomic mass is 9.94. The minimum absolute atomic E-state index is 0.000627. The zero-order chi connectivity index (χ0) is 30.3. The van der Waals surface area contributed by atoms with E-state index in [1.165, 1.54) is 17.5 Å². The summed E-state index contributed by atoms with van der Waals surface area (Å²) in [6.07, 6.45) is 7.38. The Morgan fingerprint density at radius 1 is 1.19 bits per heavy atom. The predicted octanol–water partition coefficient (Wildman–Crippen LogP) is 4.40. The number of β-amino-alcohol motifs (C(OH)–C–C–N with tert-alkyl or cyclic N) is 1. The molecule has 2 aliphatic heterocycles. The second-order valence-corrected chi connectivity index (χ2v) is 12.0. The second-order valence-electron chi connectivity index (χ2n) is 12.0. The van der Waals surface area contributed by atoms with Crippen molar-refractivity contribution >= 4 is 17.5 Å². The van der Waals surface area contributed by atoms with Gasteiger partial charge in [-0.15, -0.1) is 0 Å². The van der Waals surface area contributed by atoms with Gasteiger partial charge in [0.25, 0.3) is 0 Å². The number of anilines is 1. The number of carbonyl (C=O) groups is 2. The van der Waals surface area contributed by atoms with Gasteiger partial charge in [-0.2, -0.15) is 0 Å². The van der Waals surface area contributed by atoms with Crippen LogP contribution in [0.15, 0.2) is 47.5 Å². The average Bonchev–Trinajstić information content (AvgIpc) is 3.53. The molecule has 0 radical (unpaired) electrons. The Morgan fingerprint density at radius 2 is 2.00 bits per heavy atom. The maximum atomic E-state index is 13.0. The number of aliphatic hydroxyl groups excluding tert-OH is 1. The third-order valence-electron chi connectivity index (χ3n) is 8.48. The number of hydrogen-bond donors (Lipinski definition) is 2. The molecule has 230 valence electrons. The van der Waals surface area contributed by atoms with Crippen molar-refractivity contribution in [3.8, 4) is 5.75 Å². The van der Waals surface area contributed by atoms with Gasteiger partial charge in [0.15, 0.2) is 17.9 Å². The molecule has 1 saturated heterocycles. The molecule has 2 aromatic heterocycles. The quantitative estimate of drug-likeness (QED) is 0.296. The number of likely N-dealkylation sites (tertiary alicyclic amines) is 1. The summed E-state index contributed by atoms with van der Waals surface area (Å²) in [4.78, 5) is 37.8. The third kappa shape index (κ3) is 8.00. The van der Waals surface area contributed by atoms with Crippen molar-refractivity contribution in [2.45, 2.75) is 78.2 Å². The van der Waals surface area contributed by atoms with E-state index in [1.807, 2.05) is 24.8 Å². The molecule has 1 atom stereocenters. The number of Topliss-reactive ketones (excluding diaryl/α,β-unsaturated/α-hetero) is 1. The van der Waals surface area contributed by atoms with E-state index in [2.05, 4.69) is 33.2 Å². The van der Waals surface area contributed by atoms with Gasteiger partial charge in [-0.1, -0.05) is 19.9 Å². The van der Waals surface area contributed by atoms with Crippen molar-refractivity contribution in [1.82, 2.24) is 19.8 Å². The van der Waals surface area contributed by atoms with E-state index in [0.717, 1.165) is 56.8 Å². The van der Waals surface area contributed by atoms with Gasteiger partial charge in [-0.25, -0.2) is 9.97 Å². The first-order chi connectivity index (χ1) is 20.8. The topological polar surface area (TPSA) is 121 Å². The highest BCUT2D eigenvalue weighted by Gasteiger charge is 2.25. The van der Waals surface area contributed by atoms with E-state index < -0.39 is 6.10 Å². The summed E-state index contributed by atoms with van der Waals surface area (Å²) in [5, 5.41) is 14.2. The highest BCUT2D eigenvalue weighted by atomic mass is 16.5. The number of aromatic nitrogens is 2. The maximum absolute atomic E-state index is 13.0. The minimum Gasteiger partial charge on any atom is -0.485 e. The Hall–Kier alpha value is -3.76. The summed E-state index contributed by atoms with van der Waals surface area (Å²) in [6.45, 7) is 9.88. The van der Waals surface area contributed by atoms with E-state index in [0.29, 0.717) is 36.7 Å². The number of rotatable bonds is 12. The van der Waals surface area contributed by atoms with Gasteiger partial charge < -0.3 is 24.5 Å². The van der Waals surface area contributed by atoms with E-state index in [-0.39, 0.29) is 30.1 Å². The molecule has 43 heavy (non-hydrogen) atoms. The molecule has 0 unspecified atom stereocenters. The van der Waals surface area contributed by atoms with Crippen LogP contribution in [-0.2, 0) is 24.4 Å². The Labute approximate surface area is 253 Å². The SMILES string of the molecule is Cc1c(OCc2cnco2)ccc2c1CCN(C[C@@H](O)CCC(=O)c1ccnc(NC3CCN(C(=O)C(C)C)CC3)c1)C2. The molecule has 4 heterocycles. The van der Waals surface area contributed by atoms with Crippen LogP contribution in [-0.4, -0.2) is 74.9 Å². The molecule has 0 bridgehead atoms. The first-order valence-electron chi connectivity index (χ1n) is 15.3. The molecule has 5 rings (SSSR count). The molecule has 3 aromatic rings. The number of ketones is 1. The Morgan fingerprint density at radius 3 is 2.74 bits per heavy atom. The molecule has 2 N–H and O–H groups in total. The van der Waals surface area contributed by atoms with Crippen LogP contribution in [0, 0.1) is 12.8 Å². The molecule has 10 nitrogen and oxygen atoms in total. The van der Waals surface area contributed by atoms with E-state index in [4.69, 9.17) is 9.15 Å². The van der Waals surface area contributed by atoms with Crippen LogP contribution in [0.2, 0.25) is 0 Å². The normalized spacial score (nSPS) is 16.6. The predicted molar refractivity (Wildman–Crippen MR) is 163 cm³/mol. The number of pyridine rings is 1. The number of hydrogen-bond acceptors (Lipinski definition) is 9. The molecule has 0 spiro atoms. The van der Waals surface area contributed by atoms with Crippen LogP contribution in [0.3, 0.4) is 0 Å². The molecule has 1 amide bonds. The number of ether oxygens (including phenoxy) is 1. The highest BCUT2D eigenvalue weighted by Crippen LogP contribution is 2.30. The summed E-state index contributed by atoms with van der Waals surface area (Å²) < 4.78 is 11.2. The molecular weight excluding hydrogens is 546 g/mol. The summed E-state index contributed by atoms with van der Waals surface area (Å²) in [5.74, 6) is 2.42. The summed E-state index contributed by atoms with van der Waals surface area (Å²) in [7, 11) is 0. The lowest BCUT2D eigenvalue weighted by Gasteiger charge is -2.33. The number of nitrogens with one attached hydrogen (secondary N) is 1. The number of piperidine rings is 1. The van der Waals surface area contributed by atoms with Crippen LogP contribution < -0.4 is 10.1 Å². The fraction of sp³-hybridized carbons (Fsp3) is 0.515. The fourth-order valence-corrected chi connectivity index (χ4v) is 5.98. The Bertz CT molecular complexity index is 1380. The van der Waals surface area contributed by atoms with E-state index in [9.17, 15) is 14.7 Å². The van der Waals surface area contributed by atoms with Gasteiger partial charge >= 0.3 is 0 Å². The van der Waals surface area contributed by atoms with E-state index >= 15 is 0 Å². The smallest absolute Gasteiger partial charge is 0.225 e. The van der Waals surface area contributed by atoms with Crippen molar-refractivity contribution in [3.05, 3.63) is 71.1 Å². The monoisotopic (exact) mass is 589 g/mol. The maximum Gasteiger partial charge on any atom is 0.225 e. The molecule has 2 aliphatic rings. The number of nitrogens with zero attached hydrogens (tertiary/aromatic N) is 4. The fourth-order valence-electron chi connectivity index (χ4n) is 5.98. The number of aliphatic hydroxyl groups is 1. The van der Waals surface area contributed by atoms with Gasteiger partial charge in [-0.05, 0) is 67.5 Å². The lowest BCUT2D eigenvalue weighted by Crippen LogP contribution is -2.44. The van der Waals surface area contributed by atoms with Crippen molar-refractivity contribution in [2.75, 3.05) is 31.5 Å². The first-order valence-corrected chi connectivity index (χ1v) is 15.3. The zero-order valence-corrected chi connectivity index (χ0v) is 25.4. The van der Waals surface area contributed by atoms with Crippen molar-refractivity contribution in [3.63, 3.8) is 0 Å². The molecule has 1 fully saturated rings. The van der Waals surface area contributed by atoms with Crippen molar-refractivity contribution < 1.29 is 23.8 Å². The molecular formula is C33H43N5O5. The average molecular weight is 590 g/mol. The van der Waals surface area contributed by atoms with Gasteiger partial charge in [0.2, 0.25) is 5.91 Å². The lowest BCUT2D eigenvalue weighted by molar-refractivity contribution is -0.135. The van der Waals surface area contributed by atoms with Crippen molar-refractivity contribution in [1.29, 1.82) is 0 Å². The highest BCUT2D eigenvalue weighted by molar-refractivity contribution is 5.96. The number of oxazole rings is 1. The van der Waals surface area contributed by atoms with Crippen LogP contribution in [0.25, 0.3) is 0 Å². The second kappa shape index (κ2) is 14.1. The Kier molecular flexibility index (Phi) is 10.1. The zero-order valence-electron chi connectivity index (χ0n) is 25.4. The molecule has 1 aromatic carbocycles. The van der Waals surface area contributed by atoms with Crippen LogP contribution in [0.4, 0.5) is 5.82 Å². The molecule has 0 aliphatic carbocycles.